The highest BCUT2D eigenvalue weighted by Gasteiger charge is 2.10. The van der Waals surface area contributed by atoms with Gasteiger partial charge in [0.25, 0.3) is 0 Å². The molecule has 2 aromatic rings. The maximum absolute atomic E-state index is 6.22. The van der Waals surface area contributed by atoms with Gasteiger partial charge in [0.05, 0.1) is 13.7 Å². The highest BCUT2D eigenvalue weighted by atomic mass is 16.5. The van der Waals surface area contributed by atoms with Gasteiger partial charge in [0.1, 0.15) is 0 Å². The number of nitrogens with zero attached hydrogens (tertiary/aromatic N) is 1. The van der Waals surface area contributed by atoms with Crippen LogP contribution < -0.4 is 15.2 Å². The molecule has 1 atom stereocenters. The standard InChI is InChI=1S/C16H20N2O2/c1-3-20-15-5-4-12(11-16(15)19-2)10-14(17)13-6-8-18-9-7-13/h4-9,11,14H,3,10,17H2,1-2H3. The molecule has 0 saturated carbocycles. The van der Waals surface area contributed by atoms with E-state index in [2.05, 4.69) is 4.98 Å². The lowest BCUT2D eigenvalue weighted by Crippen LogP contribution is -2.13. The van der Waals surface area contributed by atoms with Crippen LogP contribution in [-0.2, 0) is 6.42 Å². The SMILES string of the molecule is CCOc1ccc(CC(N)c2ccncc2)cc1OC. The molecule has 4 heteroatoms. The van der Waals surface area contributed by atoms with Crippen LogP contribution in [0.5, 0.6) is 11.5 Å². The summed E-state index contributed by atoms with van der Waals surface area (Å²) in [4.78, 5) is 4.00. The van der Waals surface area contributed by atoms with E-state index in [-0.39, 0.29) is 6.04 Å². The molecule has 0 saturated heterocycles. The number of aromatic nitrogens is 1. The highest BCUT2D eigenvalue weighted by molar-refractivity contribution is 5.43. The zero-order chi connectivity index (χ0) is 14.4. The number of benzene rings is 1. The van der Waals surface area contributed by atoms with Crippen LogP contribution in [0.3, 0.4) is 0 Å². The lowest BCUT2D eigenvalue weighted by atomic mass is 10.0. The summed E-state index contributed by atoms with van der Waals surface area (Å²) in [5.41, 5.74) is 8.41. The number of hydrogen-bond donors (Lipinski definition) is 1. The average Bonchev–Trinajstić information content (AvgIpc) is 2.50. The third-order valence-corrected chi connectivity index (χ3v) is 3.12. The van der Waals surface area contributed by atoms with Crippen molar-refractivity contribution in [3.63, 3.8) is 0 Å². The van der Waals surface area contributed by atoms with Gasteiger partial charge in [-0.15, -0.1) is 0 Å². The molecule has 0 aliphatic carbocycles. The Morgan fingerprint density at radius 1 is 1.15 bits per heavy atom. The van der Waals surface area contributed by atoms with Crippen molar-refractivity contribution in [1.82, 2.24) is 4.98 Å². The van der Waals surface area contributed by atoms with Gasteiger partial charge in [-0.2, -0.15) is 0 Å². The Balaban J connectivity index is 2.13. The first kappa shape index (κ1) is 14.3. The molecule has 1 aromatic carbocycles. The molecule has 2 N–H and O–H groups in total. The van der Waals surface area contributed by atoms with Gasteiger partial charge in [0, 0.05) is 18.4 Å². The van der Waals surface area contributed by atoms with Gasteiger partial charge >= 0.3 is 0 Å². The largest absolute Gasteiger partial charge is 0.493 e. The first-order valence-electron chi connectivity index (χ1n) is 6.69. The third-order valence-electron chi connectivity index (χ3n) is 3.12. The second kappa shape index (κ2) is 6.91. The molecule has 0 aliphatic heterocycles. The van der Waals surface area contributed by atoms with Gasteiger partial charge in [0.15, 0.2) is 11.5 Å². The van der Waals surface area contributed by atoms with E-state index >= 15 is 0 Å². The molecule has 2 rings (SSSR count). The van der Waals surface area contributed by atoms with E-state index in [4.69, 9.17) is 15.2 Å². The lowest BCUT2D eigenvalue weighted by Gasteiger charge is -2.14. The molecule has 106 valence electrons. The second-order valence-electron chi connectivity index (χ2n) is 4.51. The summed E-state index contributed by atoms with van der Waals surface area (Å²) in [5, 5.41) is 0. The molecular formula is C16H20N2O2. The number of pyridine rings is 1. The van der Waals surface area contributed by atoms with E-state index in [0.29, 0.717) is 6.61 Å². The molecule has 1 unspecified atom stereocenters. The Bertz CT molecular complexity index is 543. The van der Waals surface area contributed by atoms with Crippen LogP contribution in [0.4, 0.5) is 0 Å². The normalized spacial score (nSPS) is 11.9. The molecule has 0 bridgehead atoms. The van der Waals surface area contributed by atoms with Crippen LogP contribution in [0.2, 0.25) is 0 Å². The van der Waals surface area contributed by atoms with Crippen molar-refractivity contribution in [3.05, 3.63) is 53.9 Å². The Morgan fingerprint density at radius 2 is 1.90 bits per heavy atom. The van der Waals surface area contributed by atoms with E-state index in [1.165, 1.54) is 0 Å². The zero-order valence-corrected chi connectivity index (χ0v) is 11.9. The average molecular weight is 272 g/mol. The molecule has 4 nitrogen and oxygen atoms in total. The fraction of sp³-hybridized carbons (Fsp3) is 0.312. The van der Waals surface area contributed by atoms with E-state index in [1.54, 1.807) is 19.5 Å². The fourth-order valence-electron chi connectivity index (χ4n) is 2.10. The predicted molar refractivity (Wildman–Crippen MR) is 79.0 cm³/mol. The van der Waals surface area contributed by atoms with E-state index in [1.807, 2.05) is 37.3 Å². The summed E-state index contributed by atoms with van der Waals surface area (Å²) in [6.45, 7) is 2.57. The third kappa shape index (κ3) is 3.48. The van der Waals surface area contributed by atoms with Crippen LogP contribution >= 0.6 is 0 Å². The van der Waals surface area contributed by atoms with Gasteiger partial charge in [-0.1, -0.05) is 6.07 Å². The Morgan fingerprint density at radius 3 is 2.55 bits per heavy atom. The number of methoxy groups -OCH3 is 1. The number of rotatable bonds is 6. The smallest absolute Gasteiger partial charge is 0.161 e. The monoisotopic (exact) mass is 272 g/mol. The molecule has 1 aromatic heterocycles. The molecule has 0 fully saturated rings. The van der Waals surface area contributed by atoms with E-state index in [9.17, 15) is 0 Å². The van der Waals surface area contributed by atoms with Crippen LogP contribution in [0.1, 0.15) is 24.1 Å². The molecule has 1 heterocycles. The summed E-state index contributed by atoms with van der Waals surface area (Å²) in [6.07, 6.45) is 4.26. The summed E-state index contributed by atoms with van der Waals surface area (Å²) >= 11 is 0. The van der Waals surface area contributed by atoms with Gasteiger partial charge < -0.3 is 15.2 Å². The van der Waals surface area contributed by atoms with Crippen LogP contribution in [0, 0.1) is 0 Å². The van der Waals surface area contributed by atoms with Crippen molar-refractivity contribution in [3.8, 4) is 11.5 Å². The van der Waals surface area contributed by atoms with Gasteiger partial charge in [-0.05, 0) is 48.7 Å². The van der Waals surface area contributed by atoms with E-state index in [0.717, 1.165) is 29.0 Å². The minimum absolute atomic E-state index is 0.0550. The maximum Gasteiger partial charge on any atom is 0.161 e. The summed E-state index contributed by atoms with van der Waals surface area (Å²) < 4.78 is 10.9. The van der Waals surface area contributed by atoms with Crippen molar-refractivity contribution >= 4 is 0 Å². The van der Waals surface area contributed by atoms with Crippen LogP contribution in [-0.4, -0.2) is 18.7 Å². The van der Waals surface area contributed by atoms with Crippen molar-refractivity contribution in [2.45, 2.75) is 19.4 Å². The quantitative estimate of drug-likeness (QED) is 0.878. The molecule has 20 heavy (non-hydrogen) atoms. The fourth-order valence-corrected chi connectivity index (χ4v) is 2.10. The maximum atomic E-state index is 6.22. The van der Waals surface area contributed by atoms with Crippen molar-refractivity contribution in [2.24, 2.45) is 5.73 Å². The molecular weight excluding hydrogens is 252 g/mol. The number of hydrogen-bond acceptors (Lipinski definition) is 4. The van der Waals surface area contributed by atoms with Crippen molar-refractivity contribution < 1.29 is 9.47 Å². The molecule has 0 spiro atoms. The van der Waals surface area contributed by atoms with E-state index < -0.39 is 0 Å². The minimum Gasteiger partial charge on any atom is -0.493 e. The van der Waals surface area contributed by atoms with Crippen molar-refractivity contribution in [2.75, 3.05) is 13.7 Å². The second-order valence-corrected chi connectivity index (χ2v) is 4.51. The van der Waals surface area contributed by atoms with Gasteiger partial charge in [-0.3, -0.25) is 4.98 Å². The van der Waals surface area contributed by atoms with Gasteiger partial charge in [-0.25, -0.2) is 0 Å². The molecule has 0 aliphatic rings. The zero-order valence-electron chi connectivity index (χ0n) is 11.9. The molecule has 0 amide bonds. The summed E-state index contributed by atoms with van der Waals surface area (Å²) in [7, 11) is 1.64. The Labute approximate surface area is 119 Å². The van der Waals surface area contributed by atoms with Crippen molar-refractivity contribution in [1.29, 1.82) is 0 Å². The lowest BCUT2D eigenvalue weighted by molar-refractivity contribution is 0.310. The first-order chi connectivity index (χ1) is 9.74. The number of ether oxygens (including phenoxy) is 2. The predicted octanol–water partition coefficient (Wildman–Crippen LogP) is 2.73. The first-order valence-corrected chi connectivity index (χ1v) is 6.69. The summed E-state index contributed by atoms with van der Waals surface area (Å²) in [6, 6.07) is 9.76. The Hall–Kier alpha value is -2.07. The van der Waals surface area contributed by atoms with Crippen LogP contribution in [0.25, 0.3) is 0 Å². The molecule has 0 radical (unpaired) electrons. The topological polar surface area (TPSA) is 57.4 Å². The number of nitrogens with two attached hydrogens (primary N) is 1. The Kier molecular flexibility index (Phi) is 4.96. The summed E-state index contributed by atoms with van der Waals surface area (Å²) in [5.74, 6) is 1.50. The van der Waals surface area contributed by atoms with Gasteiger partial charge in [0.2, 0.25) is 0 Å². The highest BCUT2D eigenvalue weighted by Crippen LogP contribution is 2.29. The van der Waals surface area contributed by atoms with Crippen LogP contribution in [0.15, 0.2) is 42.7 Å². The minimum atomic E-state index is -0.0550.